The fourth-order valence-electron chi connectivity index (χ4n) is 3.97. The highest BCUT2D eigenvalue weighted by atomic mass is 16.4. The van der Waals surface area contributed by atoms with Gasteiger partial charge in [-0.3, -0.25) is 0 Å². The van der Waals surface area contributed by atoms with Crippen LogP contribution in [-0.2, 0) is 0 Å². The van der Waals surface area contributed by atoms with E-state index < -0.39 is 17.2 Å². The number of nitrogen functional groups attached to an aromatic ring is 1. The summed E-state index contributed by atoms with van der Waals surface area (Å²) in [6.45, 7) is 0. The quantitative estimate of drug-likeness (QED) is 0.292. The van der Waals surface area contributed by atoms with Gasteiger partial charge in [-0.05, 0) is 42.0 Å². The highest BCUT2D eigenvalue weighted by Crippen LogP contribution is 2.41. The zero-order valence-electron chi connectivity index (χ0n) is 16.6. The van der Waals surface area contributed by atoms with Gasteiger partial charge >= 0.3 is 11.3 Å². The Balaban J connectivity index is 1.91. The number of fused-ring (bicyclic) bond motifs is 2. The standard InChI is InChI=1S/C25H17NO6/c26-14-11-9-13(10-12-14)19(20-22(27)15-5-1-3-7-17(15)31-24(20)29)21-23(28)16-6-2-4-8-18(16)32-25(21)30/h1-12,19,27-28H,26H2. The normalized spacial score (nSPS) is 11.4. The number of rotatable bonds is 3. The van der Waals surface area contributed by atoms with Gasteiger partial charge in [0.1, 0.15) is 22.7 Å². The first-order valence-electron chi connectivity index (χ1n) is 9.80. The summed E-state index contributed by atoms with van der Waals surface area (Å²) < 4.78 is 10.9. The van der Waals surface area contributed by atoms with Gasteiger partial charge in [0, 0.05) is 5.69 Å². The fourth-order valence-corrected chi connectivity index (χ4v) is 3.97. The second-order valence-corrected chi connectivity index (χ2v) is 7.40. The van der Waals surface area contributed by atoms with Crippen molar-refractivity contribution < 1.29 is 19.0 Å². The summed E-state index contributed by atoms with van der Waals surface area (Å²) in [5.74, 6) is -1.85. The number of benzene rings is 3. The molecule has 2 aromatic heterocycles. The van der Waals surface area contributed by atoms with Crippen LogP contribution in [0.2, 0.25) is 0 Å². The summed E-state index contributed by atoms with van der Waals surface area (Å²) in [6.07, 6.45) is 0. The third-order valence-corrected chi connectivity index (χ3v) is 5.49. The van der Waals surface area contributed by atoms with Crippen LogP contribution in [-0.4, -0.2) is 10.2 Å². The van der Waals surface area contributed by atoms with E-state index in [1.165, 1.54) is 0 Å². The van der Waals surface area contributed by atoms with Gasteiger partial charge in [-0.15, -0.1) is 0 Å². The van der Waals surface area contributed by atoms with Crippen molar-refractivity contribution in [2.45, 2.75) is 5.92 Å². The first-order valence-corrected chi connectivity index (χ1v) is 9.80. The topological polar surface area (TPSA) is 127 Å². The molecule has 3 aromatic carbocycles. The first kappa shape index (κ1) is 19.4. The predicted octanol–water partition coefficient (Wildman–Crippen LogP) is 4.07. The molecule has 0 spiro atoms. The van der Waals surface area contributed by atoms with Gasteiger partial charge < -0.3 is 24.8 Å². The lowest BCUT2D eigenvalue weighted by atomic mass is 9.84. The molecule has 32 heavy (non-hydrogen) atoms. The van der Waals surface area contributed by atoms with Crippen molar-refractivity contribution in [3.8, 4) is 11.5 Å². The van der Waals surface area contributed by atoms with Gasteiger partial charge in [0.25, 0.3) is 0 Å². The maximum atomic E-state index is 13.0. The van der Waals surface area contributed by atoms with Crippen molar-refractivity contribution in [2.75, 3.05) is 5.73 Å². The van der Waals surface area contributed by atoms with Crippen molar-refractivity contribution >= 4 is 27.6 Å². The largest absolute Gasteiger partial charge is 0.507 e. The Hall–Kier alpha value is -4.52. The number of hydrogen-bond acceptors (Lipinski definition) is 7. The molecule has 7 nitrogen and oxygen atoms in total. The molecule has 4 N–H and O–H groups in total. The Labute approximate surface area is 180 Å². The smallest absolute Gasteiger partial charge is 0.344 e. The first-order chi connectivity index (χ1) is 15.5. The Bertz CT molecular complexity index is 1500. The minimum absolute atomic E-state index is 0.189. The van der Waals surface area contributed by atoms with E-state index in [1.54, 1.807) is 72.8 Å². The lowest BCUT2D eigenvalue weighted by molar-refractivity contribution is 0.441. The number of aromatic hydroxyl groups is 2. The lowest BCUT2D eigenvalue weighted by Crippen LogP contribution is -2.21. The van der Waals surface area contributed by atoms with E-state index in [-0.39, 0.29) is 33.8 Å². The Kier molecular flexibility index (Phi) is 4.44. The van der Waals surface area contributed by atoms with Crippen LogP contribution in [0.5, 0.6) is 11.5 Å². The second kappa shape index (κ2) is 7.31. The molecule has 0 atom stereocenters. The third kappa shape index (κ3) is 2.99. The molecule has 0 aliphatic carbocycles. The van der Waals surface area contributed by atoms with Crippen LogP contribution < -0.4 is 17.0 Å². The van der Waals surface area contributed by atoms with Gasteiger partial charge in [-0.2, -0.15) is 0 Å². The SMILES string of the molecule is Nc1ccc(C(c2c(O)c3ccccc3oc2=O)c2c(O)c3ccccc3oc2=O)cc1. The average molecular weight is 427 g/mol. The molecule has 0 aliphatic rings. The van der Waals surface area contributed by atoms with Crippen LogP contribution in [0.3, 0.4) is 0 Å². The van der Waals surface area contributed by atoms with E-state index >= 15 is 0 Å². The molecule has 0 fully saturated rings. The van der Waals surface area contributed by atoms with Crippen LogP contribution in [0.4, 0.5) is 5.69 Å². The molecule has 5 aromatic rings. The summed E-state index contributed by atoms with van der Waals surface area (Å²) in [4.78, 5) is 26.1. The minimum Gasteiger partial charge on any atom is -0.507 e. The van der Waals surface area contributed by atoms with Crippen LogP contribution in [0.1, 0.15) is 22.6 Å². The second-order valence-electron chi connectivity index (χ2n) is 7.40. The van der Waals surface area contributed by atoms with Crippen molar-refractivity contribution in [3.63, 3.8) is 0 Å². The molecule has 0 unspecified atom stereocenters. The summed E-state index contributed by atoms with van der Waals surface area (Å²) >= 11 is 0. The van der Waals surface area contributed by atoms with Crippen LogP contribution in [0.25, 0.3) is 21.9 Å². The van der Waals surface area contributed by atoms with Gasteiger partial charge in [-0.25, -0.2) is 9.59 Å². The maximum Gasteiger partial charge on any atom is 0.344 e. The number of hydrogen-bond donors (Lipinski definition) is 3. The molecule has 158 valence electrons. The van der Waals surface area contributed by atoms with E-state index in [2.05, 4.69) is 0 Å². The van der Waals surface area contributed by atoms with E-state index in [9.17, 15) is 19.8 Å². The van der Waals surface area contributed by atoms with Crippen molar-refractivity contribution in [2.24, 2.45) is 0 Å². The van der Waals surface area contributed by atoms with Crippen molar-refractivity contribution in [3.05, 3.63) is 110 Å². The Morgan fingerprint density at radius 2 is 1.09 bits per heavy atom. The van der Waals surface area contributed by atoms with E-state index in [1.807, 2.05) is 0 Å². The molecular weight excluding hydrogens is 410 g/mol. The monoisotopic (exact) mass is 427 g/mol. The fraction of sp³-hybridized carbons (Fsp3) is 0.0400. The Morgan fingerprint density at radius 3 is 1.56 bits per heavy atom. The third-order valence-electron chi connectivity index (χ3n) is 5.49. The van der Waals surface area contributed by atoms with E-state index in [0.717, 1.165) is 0 Å². The predicted molar refractivity (Wildman–Crippen MR) is 120 cm³/mol. The molecule has 0 bridgehead atoms. The summed E-state index contributed by atoms with van der Waals surface area (Å²) in [5, 5.41) is 22.7. The van der Waals surface area contributed by atoms with Crippen LogP contribution in [0, 0.1) is 0 Å². The molecule has 0 aliphatic heterocycles. The highest BCUT2D eigenvalue weighted by Gasteiger charge is 2.32. The van der Waals surface area contributed by atoms with Crippen LogP contribution >= 0.6 is 0 Å². The van der Waals surface area contributed by atoms with Crippen molar-refractivity contribution in [1.82, 2.24) is 0 Å². The molecule has 0 saturated heterocycles. The number of para-hydroxylation sites is 2. The number of anilines is 1. The molecule has 0 saturated carbocycles. The maximum absolute atomic E-state index is 13.0. The molecular formula is C25H17NO6. The van der Waals surface area contributed by atoms with E-state index in [4.69, 9.17) is 14.6 Å². The van der Waals surface area contributed by atoms with E-state index in [0.29, 0.717) is 22.0 Å². The summed E-state index contributed by atoms with van der Waals surface area (Å²) in [5.41, 5.74) is 5.07. The zero-order chi connectivity index (χ0) is 22.4. The number of nitrogens with two attached hydrogens (primary N) is 1. The summed E-state index contributed by atoms with van der Waals surface area (Å²) in [6, 6.07) is 19.4. The molecule has 7 heteroatoms. The van der Waals surface area contributed by atoms with Gasteiger partial charge in [0.2, 0.25) is 0 Å². The molecule has 2 heterocycles. The minimum atomic E-state index is -1.17. The van der Waals surface area contributed by atoms with Gasteiger partial charge in [-0.1, -0.05) is 36.4 Å². The molecule has 0 amide bonds. The van der Waals surface area contributed by atoms with Crippen LogP contribution in [0.15, 0.2) is 91.2 Å². The molecule has 5 rings (SSSR count). The van der Waals surface area contributed by atoms with Crippen molar-refractivity contribution in [1.29, 1.82) is 0 Å². The Morgan fingerprint density at radius 1 is 0.656 bits per heavy atom. The summed E-state index contributed by atoms with van der Waals surface area (Å²) in [7, 11) is 0. The zero-order valence-corrected chi connectivity index (χ0v) is 16.6. The molecule has 0 radical (unpaired) electrons. The van der Waals surface area contributed by atoms with Gasteiger partial charge in [0.05, 0.1) is 27.8 Å². The van der Waals surface area contributed by atoms with Gasteiger partial charge in [0.15, 0.2) is 0 Å². The highest BCUT2D eigenvalue weighted by molar-refractivity contribution is 5.86. The lowest BCUT2D eigenvalue weighted by Gasteiger charge is -2.19. The average Bonchev–Trinajstić information content (AvgIpc) is 2.78.